The van der Waals surface area contributed by atoms with Crippen LogP contribution in [0.15, 0.2) is 29.0 Å². The first-order chi connectivity index (χ1) is 9.19. The molecule has 0 radical (unpaired) electrons. The number of anilines is 1. The second-order valence-corrected chi connectivity index (χ2v) is 5.49. The molecule has 19 heavy (non-hydrogen) atoms. The maximum absolute atomic E-state index is 11.5. The predicted octanol–water partition coefficient (Wildman–Crippen LogP) is 1.57. The van der Waals surface area contributed by atoms with Crippen molar-refractivity contribution >= 4 is 38.6 Å². The van der Waals surface area contributed by atoms with E-state index in [4.69, 9.17) is 0 Å². The minimum absolute atomic E-state index is 0.0576. The topological polar surface area (TPSA) is 58.1 Å². The number of nitrogens with zero attached hydrogens (tertiary/aromatic N) is 3. The smallest absolute Gasteiger partial charge is 0.226 e. The van der Waals surface area contributed by atoms with Crippen molar-refractivity contribution in [2.75, 3.05) is 25.0 Å². The number of halogens is 1. The molecule has 1 N–H and O–H groups in total. The van der Waals surface area contributed by atoms with Crippen molar-refractivity contribution in [1.29, 1.82) is 0 Å². The SMILES string of the molecule is CNC(=O)C1CN(c2ncnc3ccc(Br)cc23)C1. The minimum atomic E-state index is 0.0576. The van der Waals surface area contributed by atoms with Gasteiger partial charge in [0.1, 0.15) is 12.1 Å². The molecule has 1 aliphatic rings. The summed E-state index contributed by atoms with van der Waals surface area (Å²) in [5.41, 5.74) is 0.914. The summed E-state index contributed by atoms with van der Waals surface area (Å²) in [6, 6.07) is 5.93. The monoisotopic (exact) mass is 320 g/mol. The molecule has 3 rings (SSSR count). The second-order valence-electron chi connectivity index (χ2n) is 4.57. The van der Waals surface area contributed by atoms with Crippen LogP contribution in [0, 0.1) is 5.92 Å². The summed E-state index contributed by atoms with van der Waals surface area (Å²) in [5.74, 6) is 1.05. The fraction of sp³-hybridized carbons (Fsp3) is 0.308. The molecule has 1 fully saturated rings. The maximum atomic E-state index is 11.5. The Hall–Kier alpha value is -1.69. The molecule has 1 aliphatic heterocycles. The maximum Gasteiger partial charge on any atom is 0.226 e. The van der Waals surface area contributed by atoms with Crippen molar-refractivity contribution in [1.82, 2.24) is 15.3 Å². The fourth-order valence-corrected chi connectivity index (χ4v) is 2.65. The predicted molar refractivity (Wildman–Crippen MR) is 77.0 cm³/mol. The third kappa shape index (κ3) is 2.16. The van der Waals surface area contributed by atoms with Crippen LogP contribution in [0.1, 0.15) is 0 Å². The molecule has 0 atom stereocenters. The normalized spacial score (nSPS) is 15.4. The van der Waals surface area contributed by atoms with Crippen molar-refractivity contribution in [2.24, 2.45) is 5.92 Å². The van der Waals surface area contributed by atoms with Gasteiger partial charge >= 0.3 is 0 Å². The van der Waals surface area contributed by atoms with E-state index >= 15 is 0 Å². The molecule has 2 aromatic rings. The number of fused-ring (bicyclic) bond motifs is 1. The van der Waals surface area contributed by atoms with Crippen LogP contribution < -0.4 is 10.2 Å². The molecular weight excluding hydrogens is 308 g/mol. The standard InChI is InChI=1S/C13H13BrN4O/c1-15-13(19)8-5-18(6-8)12-10-4-9(14)2-3-11(10)16-7-17-12/h2-4,7-8H,5-6H2,1H3,(H,15,19). The first-order valence-electron chi connectivity index (χ1n) is 6.06. The van der Waals surface area contributed by atoms with Crippen LogP contribution in [0.3, 0.4) is 0 Å². The third-order valence-corrected chi connectivity index (χ3v) is 3.87. The van der Waals surface area contributed by atoms with Crippen molar-refractivity contribution in [3.63, 3.8) is 0 Å². The number of carbonyl (C=O) groups is 1. The van der Waals surface area contributed by atoms with E-state index in [1.54, 1.807) is 13.4 Å². The van der Waals surface area contributed by atoms with Crippen molar-refractivity contribution in [2.45, 2.75) is 0 Å². The van der Waals surface area contributed by atoms with Gasteiger partial charge in [0.2, 0.25) is 5.91 Å². The summed E-state index contributed by atoms with van der Waals surface area (Å²) >= 11 is 3.46. The number of carbonyl (C=O) groups excluding carboxylic acids is 1. The van der Waals surface area contributed by atoms with Gasteiger partial charge in [-0.3, -0.25) is 4.79 Å². The van der Waals surface area contributed by atoms with Gasteiger partial charge in [-0.1, -0.05) is 15.9 Å². The highest BCUT2D eigenvalue weighted by Crippen LogP contribution is 2.30. The lowest BCUT2D eigenvalue weighted by Gasteiger charge is -2.39. The number of hydrogen-bond acceptors (Lipinski definition) is 4. The van der Waals surface area contributed by atoms with Crippen molar-refractivity contribution in [3.05, 3.63) is 29.0 Å². The molecule has 5 nitrogen and oxygen atoms in total. The largest absolute Gasteiger partial charge is 0.359 e. The zero-order valence-electron chi connectivity index (χ0n) is 10.4. The average molecular weight is 321 g/mol. The van der Waals surface area contributed by atoms with E-state index in [1.807, 2.05) is 18.2 Å². The number of rotatable bonds is 2. The zero-order chi connectivity index (χ0) is 13.4. The lowest BCUT2D eigenvalue weighted by atomic mass is 9.99. The van der Waals surface area contributed by atoms with E-state index in [0.717, 1.165) is 21.2 Å². The third-order valence-electron chi connectivity index (χ3n) is 3.37. The van der Waals surface area contributed by atoms with Crippen molar-refractivity contribution in [3.8, 4) is 0 Å². The number of nitrogens with one attached hydrogen (secondary N) is 1. The molecule has 1 amide bonds. The summed E-state index contributed by atoms with van der Waals surface area (Å²) in [6.45, 7) is 1.41. The van der Waals surface area contributed by atoms with Crippen LogP contribution in [-0.4, -0.2) is 36.0 Å². The lowest BCUT2D eigenvalue weighted by Crippen LogP contribution is -2.53. The van der Waals surface area contributed by atoms with Gasteiger partial charge in [-0.15, -0.1) is 0 Å². The molecule has 1 saturated heterocycles. The molecule has 1 aromatic carbocycles. The highest BCUT2D eigenvalue weighted by atomic mass is 79.9. The number of benzene rings is 1. The van der Waals surface area contributed by atoms with Gasteiger partial charge < -0.3 is 10.2 Å². The van der Waals surface area contributed by atoms with Gasteiger partial charge in [-0.05, 0) is 18.2 Å². The highest BCUT2D eigenvalue weighted by Gasteiger charge is 2.33. The Labute approximate surface area is 119 Å². The van der Waals surface area contributed by atoms with Gasteiger partial charge in [-0.25, -0.2) is 9.97 Å². The fourth-order valence-electron chi connectivity index (χ4n) is 2.29. The zero-order valence-corrected chi connectivity index (χ0v) is 12.0. The van der Waals surface area contributed by atoms with E-state index in [0.29, 0.717) is 13.1 Å². The van der Waals surface area contributed by atoms with E-state index in [-0.39, 0.29) is 11.8 Å². The Morgan fingerprint density at radius 2 is 2.21 bits per heavy atom. The number of hydrogen-bond donors (Lipinski definition) is 1. The summed E-state index contributed by atoms with van der Waals surface area (Å²) in [4.78, 5) is 22.2. The molecule has 6 heteroatoms. The molecule has 98 valence electrons. The molecule has 2 heterocycles. The van der Waals surface area contributed by atoms with Crippen LogP contribution in [-0.2, 0) is 4.79 Å². The first kappa shape index (κ1) is 12.3. The lowest BCUT2D eigenvalue weighted by molar-refractivity contribution is -0.125. The van der Waals surface area contributed by atoms with Gasteiger partial charge in [0.25, 0.3) is 0 Å². The summed E-state index contributed by atoms with van der Waals surface area (Å²) in [6.07, 6.45) is 1.57. The average Bonchev–Trinajstić information content (AvgIpc) is 2.37. The molecule has 0 spiro atoms. The van der Waals surface area contributed by atoms with Crippen LogP contribution in [0.5, 0.6) is 0 Å². The van der Waals surface area contributed by atoms with Crippen LogP contribution in [0.4, 0.5) is 5.82 Å². The Balaban J connectivity index is 1.90. The van der Waals surface area contributed by atoms with Crippen LogP contribution in [0.25, 0.3) is 10.9 Å². The van der Waals surface area contributed by atoms with Gasteiger partial charge in [-0.2, -0.15) is 0 Å². The van der Waals surface area contributed by atoms with E-state index in [2.05, 4.69) is 36.1 Å². The van der Waals surface area contributed by atoms with Gasteiger partial charge in [0.15, 0.2) is 0 Å². The summed E-state index contributed by atoms with van der Waals surface area (Å²) in [5, 5.41) is 3.69. The number of aromatic nitrogens is 2. The molecule has 0 bridgehead atoms. The number of amides is 1. The first-order valence-corrected chi connectivity index (χ1v) is 6.85. The Morgan fingerprint density at radius 1 is 1.42 bits per heavy atom. The Bertz CT molecular complexity index is 640. The van der Waals surface area contributed by atoms with Gasteiger partial charge in [0.05, 0.1) is 11.4 Å². The summed E-state index contributed by atoms with van der Waals surface area (Å²) in [7, 11) is 1.67. The minimum Gasteiger partial charge on any atom is -0.359 e. The molecular formula is C13H13BrN4O. The van der Waals surface area contributed by atoms with Gasteiger partial charge in [0, 0.05) is 30.0 Å². The van der Waals surface area contributed by atoms with Crippen LogP contribution >= 0.6 is 15.9 Å². The van der Waals surface area contributed by atoms with Crippen LogP contribution in [0.2, 0.25) is 0 Å². The molecule has 0 unspecified atom stereocenters. The van der Waals surface area contributed by atoms with E-state index < -0.39 is 0 Å². The van der Waals surface area contributed by atoms with E-state index in [9.17, 15) is 4.79 Å². The molecule has 0 saturated carbocycles. The highest BCUT2D eigenvalue weighted by molar-refractivity contribution is 9.10. The quantitative estimate of drug-likeness (QED) is 0.912. The Kier molecular flexibility index (Phi) is 3.10. The van der Waals surface area contributed by atoms with E-state index in [1.165, 1.54) is 0 Å². The summed E-state index contributed by atoms with van der Waals surface area (Å²) < 4.78 is 0.999. The molecule has 0 aliphatic carbocycles. The second kappa shape index (κ2) is 4.77. The Morgan fingerprint density at radius 3 is 2.95 bits per heavy atom. The molecule has 1 aromatic heterocycles. The van der Waals surface area contributed by atoms with Crippen molar-refractivity contribution < 1.29 is 4.79 Å².